The molecule has 1 heterocycles. The van der Waals surface area contributed by atoms with Gasteiger partial charge < -0.3 is 5.32 Å². The number of hydrogen-bond acceptors (Lipinski definition) is 3. The van der Waals surface area contributed by atoms with E-state index in [4.69, 9.17) is 0 Å². The Morgan fingerprint density at radius 3 is 2.45 bits per heavy atom. The Kier molecular flexibility index (Phi) is 4.60. The highest BCUT2D eigenvalue weighted by Crippen LogP contribution is 2.10. The van der Waals surface area contributed by atoms with Gasteiger partial charge in [0.25, 0.3) is 0 Å². The molecule has 1 N–H and O–H groups in total. The van der Waals surface area contributed by atoms with Crippen molar-refractivity contribution in [3.05, 3.63) is 65.5 Å². The highest BCUT2D eigenvalue weighted by Gasteiger charge is 2.08. The molecule has 0 spiro atoms. The van der Waals surface area contributed by atoms with Crippen LogP contribution in [-0.2, 0) is 11.2 Å². The van der Waals surface area contributed by atoms with Crippen molar-refractivity contribution in [2.75, 3.05) is 6.54 Å². The lowest BCUT2D eigenvalue weighted by molar-refractivity contribution is -0.118. The second kappa shape index (κ2) is 6.61. The van der Waals surface area contributed by atoms with Crippen LogP contribution >= 0.6 is 0 Å². The molecule has 2 rings (SSSR count). The summed E-state index contributed by atoms with van der Waals surface area (Å²) in [6.07, 6.45) is 3.95. The molecule has 0 atom stereocenters. The van der Waals surface area contributed by atoms with Crippen LogP contribution in [-0.4, -0.2) is 23.2 Å². The number of benzene rings is 1. The van der Waals surface area contributed by atoms with Gasteiger partial charge in [-0.2, -0.15) is 0 Å². The zero-order chi connectivity index (χ0) is 14.4. The summed E-state index contributed by atoms with van der Waals surface area (Å²) in [4.78, 5) is 26.9. The maximum atomic E-state index is 12.2. The number of aromatic nitrogens is 1. The molecule has 0 radical (unpaired) electrons. The lowest BCUT2D eigenvalue weighted by Gasteiger charge is -2.04. The summed E-state index contributed by atoms with van der Waals surface area (Å²) in [5, 5.41) is 2.74. The first-order valence-corrected chi connectivity index (χ1v) is 6.45. The molecule has 0 unspecified atom stereocenters. The molecule has 4 nitrogen and oxygen atoms in total. The average molecular weight is 268 g/mol. The van der Waals surface area contributed by atoms with Gasteiger partial charge in [-0.15, -0.1) is 0 Å². The van der Waals surface area contributed by atoms with E-state index in [2.05, 4.69) is 10.3 Å². The van der Waals surface area contributed by atoms with E-state index < -0.39 is 0 Å². The Morgan fingerprint density at radius 1 is 1.10 bits per heavy atom. The minimum atomic E-state index is -0.0356. The van der Waals surface area contributed by atoms with Crippen LogP contribution in [0.3, 0.4) is 0 Å². The van der Waals surface area contributed by atoms with E-state index in [9.17, 15) is 9.59 Å². The number of carbonyl (C=O) groups is 2. The van der Waals surface area contributed by atoms with Crippen LogP contribution in [0.15, 0.2) is 48.8 Å². The van der Waals surface area contributed by atoms with E-state index >= 15 is 0 Å². The average Bonchev–Trinajstić information content (AvgIpc) is 2.48. The predicted molar refractivity (Wildman–Crippen MR) is 76.5 cm³/mol. The Labute approximate surface area is 117 Å². The van der Waals surface area contributed by atoms with Crippen molar-refractivity contribution >= 4 is 11.7 Å². The van der Waals surface area contributed by atoms with Gasteiger partial charge in [-0.3, -0.25) is 14.6 Å². The molecule has 0 aliphatic rings. The lowest BCUT2D eigenvalue weighted by atomic mass is 10.0. The molecule has 4 heteroatoms. The van der Waals surface area contributed by atoms with Gasteiger partial charge >= 0.3 is 0 Å². The fourth-order valence-corrected chi connectivity index (χ4v) is 1.87. The Balaban J connectivity index is 2.01. The number of rotatable bonds is 5. The maximum Gasteiger partial charge on any atom is 0.216 e. The molecular weight excluding hydrogens is 252 g/mol. The molecule has 0 saturated carbocycles. The molecule has 0 saturated heterocycles. The van der Waals surface area contributed by atoms with Crippen molar-refractivity contribution in [2.45, 2.75) is 13.3 Å². The molecular formula is C16H16N2O2. The number of ketones is 1. The van der Waals surface area contributed by atoms with Crippen molar-refractivity contribution in [1.82, 2.24) is 10.3 Å². The summed E-state index contributed by atoms with van der Waals surface area (Å²) in [7, 11) is 0. The summed E-state index contributed by atoms with van der Waals surface area (Å²) >= 11 is 0. The number of carbonyl (C=O) groups excluding carboxylic acids is 2. The largest absolute Gasteiger partial charge is 0.356 e. The summed E-state index contributed by atoms with van der Waals surface area (Å²) in [5.74, 6) is -0.0695. The van der Waals surface area contributed by atoms with Gasteiger partial charge in [-0.1, -0.05) is 24.3 Å². The number of hydrogen-bond donors (Lipinski definition) is 1. The van der Waals surface area contributed by atoms with E-state index in [0.29, 0.717) is 17.7 Å². The first kappa shape index (κ1) is 13.9. The van der Waals surface area contributed by atoms with E-state index in [-0.39, 0.29) is 11.7 Å². The first-order valence-electron chi connectivity index (χ1n) is 6.45. The number of nitrogens with zero attached hydrogens (tertiary/aromatic N) is 1. The van der Waals surface area contributed by atoms with Gasteiger partial charge in [0.15, 0.2) is 5.78 Å². The third-order valence-corrected chi connectivity index (χ3v) is 2.93. The number of amides is 1. The first-order chi connectivity index (χ1) is 9.66. The highest BCUT2D eigenvalue weighted by atomic mass is 16.1. The fourth-order valence-electron chi connectivity index (χ4n) is 1.87. The Hall–Kier alpha value is -2.49. The summed E-state index contributed by atoms with van der Waals surface area (Å²) < 4.78 is 0. The fraction of sp³-hybridized carbons (Fsp3) is 0.188. The molecule has 0 fully saturated rings. The van der Waals surface area contributed by atoms with Gasteiger partial charge in [0, 0.05) is 37.0 Å². The zero-order valence-corrected chi connectivity index (χ0v) is 11.3. The van der Waals surface area contributed by atoms with Crippen LogP contribution in [0.2, 0.25) is 0 Å². The third-order valence-electron chi connectivity index (χ3n) is 2.93. The standard InChI is InChI=1S/C16H16N2O2/c1-12(19)18-10-8-13-4-6-14(7-5-13)16(20)15-3-2-9-17-11-15/h2-7,9,11H,8,10H2,1H3,(H,18,19). The molecule has 1 aromatic heterocycles. The van der Waals surface area contributed by atoms with Gasteiger partial charge in [0.1, 0.15) is 0 Å². The molecule has 0 aliphatic heterocycles. The van der Waals surface area contributed by atoms with Crippen LogP contribution < -0.4 is 5.32 Å². The van der Waals surface area contributed by atoms with Crippen molar-refractivity contribution in [1.29, 1.82) is 0 Å². The quantitative estimate of drug-likeness (QED) is 0.844. The van der Waals surface area contributed by atoms with Crippen LogP contribution in [0.25, 0.3) is 0 Å². The second-order valence-corrected chi connectivity index (χ2v) is 4.50. The Morgan fingerprint density at radius 2 is 1.85 bits per heavy atom. The molecule has 102 valence electrons. The van der Waals surface area contributed by atoms with Crippen LogP contribution in [0.4, 0.5) is 0 Å². The topological polar surface area (TPSA) is 59.1 Å². The molecule has 0 aliphatic carbocycles. The normalized spacial score (nSPS) is 10.1. The monoisotopic (exact) mass is 268 g/mol. The highest BCUT2D eigenvalue weighted by molar-refractivity contribution is 6.08. The van der Waals surface area contributed by atoms with E-state index in [1.54, 1.807) is 36.7 Å². The number of pyridine rings is 1. The summed E-state index contributed by atoms with van der Waals surface area (Å²) in [6, 6.07) is 10.9. The minimum Gasteiger partial charge on any atom is -0.356 e. The minimum absolute atomic E-state index is 0.0339. The molecule has 1 aromatic carbocycles. The summed E-state index contributed by atoms with van der Waals surface area (Å²) in [5.41, 5.74) is 2.31. The Bertz CT molecular complexity index is 592. The predicted octanol–water partition coefficient (Wildman–Crippen LogP) is 1.99. The summed E-state index contributed by atoms with van der Waals surface area (Å²) in [6.45, 7) is 2.10. The van der Waals surface area contributed by atoms with Crippen molar-refractivity contribution in [3.8, 4) is 0 Å². The molecule has 2 aromatic rings. The number of nitrogens with one attached hydrogen (secondary N) is 1. The SMILES string of the molecule is CC(=O)NCCc1ccc(C(=O)c2cccnc2)cc1. The molecule has 0 bridgehead atoms. The van der Waals surface area contributed by atoms with E-state index in [1.807, 2.05) is 12.1 Å². The van der Waals surface area contributed by atoms with Gasteiger partial charge in [0.05, 0.1) is 0 Å². The van der Waals surface area contributed by atoms with Crippen molar-refractivity contribution in [3.63, 3.8) is 0 Å². The lowest BCUT2D eigenvalue weighted by Crippen LogP contribution is -2.22. The van der Waals surface area contributed by atoms with E-state index in [1.165, 1.54) is 6.92 Å². The zero-order valence-electron chi connectivity index (χ0n) is 11.3. The smallest absolute Gasteiger partial charge is 0.216 e. The maximum absolute atomic E-state index is 12.2. The molecule has 1 amide bonds. The van der Waals surface area contributed by atoms with Crippen LogP contribution in [0, 0.1) is 0 Å². The van der Waals surface area contributed by atoms with Crippen molar-refractivity contribution < 1.29 is 9.59 Å². The van der Waals surface area contributed by atoms with Gasteiger partial charge in [0.2, 0.25) is 5.91 Å². The second-order valence-electron chi connectivity index (χ2n) is 4.50. The molecule has 20 heavy (non-hydrogen) atoms. The van der Waals surface area contributed by atoms with Gasteiger partial charge in [-0.25, -0.2) is 0 Å². The van der Waals surface area contributed by atoms with Crippen molar-refractivity contribution in [2.24, 2.45) is 0 Å². The van der Waals surface area contributed by atoms with Crippen LogP contribution in [0.5, 0.6) is 0 Å². The third kappa shape index (κ3) is 3.75. The van der Waals surface area contributed by atoms with Crippen LogP contribution in [0.1, 0.15) is 28.4 Å². The van der Waals surface area contributed by atoms with Gasteiger partial charge in [-0.05, 0) is 24.1 Å². The van der Waals surface area contributed by atoms with E-state index in [0.717, 1.165) is 12.0 Å².